The van der Waals surface area contributed by atoms with Gasteiger partial charge in [-0.2, -0.15) is 5.10 Å². The molecule has 0 bridgehead atoms. The van der Waals surface area contributed by atoms with Crippen LogP contribution in [0.5, 0.6) is 0 Å². The van der Waals surface area contributed by atoms with Gasteiger partial charge in [-0.15, -0.1) is 0 Å². The van der Waals surface area contributed by atoms with E-state index in [0.29, 0.717) is 5.02 Å². The molecule has 0 radical (unpaired) electrons. The monoisotopic (exact) mass is 402 g/mol. The van der Waals surface area contributed by atoms with Crippen molar-refractivity contribution < 1.29 is 5.11 Å². The summed E-state index contributed by atoms with van der Waals surface area (Å²) in [5, 5.41) is 14.5. The van der Waals surface area contributed by atoms with Crippen molar-refractivity contribution in [1.29, 1.82) is 0 Å². The van der Waals surface area contributed by atoms with Crippen LogP contribution >= 0.6 is 11.6 Å². The summed E-state index contributed by atoms with van der Waals surface area (Å²) in [6.07, 6.45) is 5.38. The normalized spacial score (nSPS) is 13.2. The Morgan fingerprint density at radius 3 is 2.17 bits per heavy atom. The maximum Gasteiger partial charge on any atom is 0.139 e. The van der Waals surface area contributed by atoms with Gasteiger partial charge in [-0.05, 0) is 41.7 Å². The van der Waals surface area contributed by atoms with Crippen LogP contribution in [0, 0.1) is 0 Å². The number of aliphatic hydroxyl groups is 1. The summed E-state index contributed by atoms with van der Waals surface area (Å²) >= 11 is 6.76. The van der Waals surface area contributed by atoms with E-state index in [4.69, 9.17) is 16.7 Å². The van der Waals surface area contributed by atoms with Gasteiger partial charge in [0.05, 0.1) is 0 Å². The topological polar surface area (TPSA) is 38.0 Å². The summed E-state index contributed by atoms with van der Waals surface area (Å²) in [5.74, 6) is 0. The number of benzene rings is 3. The van der Waals surface area contributed by atoms with E-state index < -0.39 is 5.54 Å². The molecule has 0 aliphatic heterocycles. The van der Waals surface area contributed by atoms with E-state index in [9.17, 15) is 0 Å². The minimum atomic E-state index is -0.696. The van der Waals surface area contributed by atoms with Gasteiger partial charge in [0, 0.05) is 29.6 Å². The molecule has 146 valence electrons. The second-order valence-corrected chi connectivity index (χ2v) is 7.44. The maximum absolute atomic E-state index is 9.14. The lowest BCUT2D eigenvalue weighted by Gasteiger charge is -2.37. The Morgan fingerprint density at radius 2 is 1.52 bits per heavy atom. The summed E-state index contributed by atoms with van der Waals surface area (Å²) in [6.45, 7) is 0.197. The average Bonchev–Trinajstić information content (AvgIpc) is 3.31. The standard InChI is InChI=1S/C25H23ClN2O/c26-24-12-5-4-11-23(24)25(28-18-7-17-27-28,21-9-2-1-3-10-21)22-15-13-20(14-16-22)8-6-19-29/h1-5,7,9-18,29H,6,8,19H2. The molecule has 0 spiro atoms. The molecule has 1 aromatic heterocycles. The van der Waals surface area contributed by atoms with Crippen molar-refractivity contribution in [3.8, 4) is 0 Å². The minimum Gasteiger partial charge on any atom is -0.396 e. The van der Waals surface area contributed by atoms with Crippen LogP contribution in [0.3, 0.4) is 0 Å². The predicted octanol–water partition coefficient (Wildman–Crippen LogP) is 5.30. The van der Waals surface area contributed by atoms with Crippen molar-refractivity contribution in [1.82, 2.24) is 9.78 Å². The van der Waals surface area contributed by atoms with Gasteiger partial charge in [-0.1, -0.05) is 84.4 Å². The molecule has 4 heteroatoms. The molecule has 0 saturated heterocycles. The highest BCUT2D eigenvalue weighted by atomic mass is 35.5. The first-order valence-electron chi connectivity index (χ1n) is 9.77. The molecule has 3 nitrogen and oxygen atoms in total. The smallest absolute Gasteiger partial charge is 0.139 e. The number of aromatic nitrogens is 2. The fourth-order valence-electron chi connectivity index (χ4n) is 3.96. The average molecular weight is 403 g/mol. The van der Waals surface area contributed by atoms with Crippen molar-refractivity contribution >= 4 is 11.6 Å². The molecule has 0 fully saturated rings. The highest BCUT2D eigenvalue weighted by Gasteiger charge is 2.40. The third-order valence-electron chi connectivity index (χ3n) is 5.30. The summed E-state index contributed by atoms with van der Waals surface area (Å²) in [6, 6.07) is 28.8. The lowest BCUT2D eigenvalue weighted by Crippen LogP contribution is -2.38. The Balaban J connectivity index is 2.00. The van der Waals surface area contributed by atoms with Crippen molar-refractivity contribution in [2.45, 2.75) is 18.4 Å². The molecule has 0 amide bonds. The first-order chi connectivity index (χ1) is 14.3. The Bertz CT molecular complexity index is 1050. The van der Waals surface area contributed by atoms with E-state index in [1.807, 2.05) is 53.3 Å². The third kappa shape index (κ3) is 3.59. The Labute approximate surface area is 176 Å². The molecule has 4 aromatic rings. The van der Waals surface area contributed by atoms with Crippen LogP contribution in [-0.2, 0) is 12.0 Å². The largest absolute Gasteiger partial charge is 0.396 e. The number of nitrogens with zero attached hydrogens (tertiary/aromatic N) is 2. The van der Waals surface area contributed by atoms with Gasteiger partial charge in [-0.3, -0.25) is 4.68 Å². The van der Waals surface area contributed by atoms with E-state index in [-0.39, 0.29) is 6.61 Å². The highest BCUT2D eigenvalue weighted by Crippen LogP contribution is 2.43. The van der Waals surface area contributed by atoms with E-state index in [0.717, 1.165) is 29.5 Å². The number of hydrogen-bond donors (Lipinski definition) is 1. The number of rotatable bonds is 7. The van der Waals surface area contributed by atoms with Crippen LogP contribution in [0.2, 0.25) is 5.02 Å². The molecule has 1 atom stereocenters. The van der Waals surface area contributed by atoms with Gasteiger partial charge in [0.2, 0.25) is 0 Å². The zero-order valence-corrected chi connectivity index (χ0v) is 16.8. The SMILES string of the molecule is OCCCc1ccc(C(c2ccccc2)(c2ccccc2Cl)n2cccn2)cc1. The number of hydrogen-bond acceptors (Lipinski definition) is 2. The Morgan fingerprint density at radius 1 is 0.828 bits per heavy atom. The lowest BCUT2D eigenvalue weighted by atomic mass is 9.76. The molecule has 0 aliphatic rings. The highest BCUT2D eigenvalue weighted by molar-refractivity contribution is 6.31. The van der Waals surface area contributed by atoms with E-state index in [1.54, 1.807) is 6.20 Å². The molecule has 3 aromatic carbocycles. The predicted molar refractivity (Wildman–Crippen MR) is 117 cm³/mol. The molecule has 0 saturated carbocycles. The van der Waals surface area contributed by atoms with Crippen molar-refractivity contribution in [3.05, 3.63) is 125 Å². The summed E-state index contributed by atoms with van der Waals surface area (Å²) in [4.78, 5) is 0. The van der Waals surface area contributed by atoms with Gasteiger partial charge >= 0.3 is 0 Å². The second-order valence-electron chi connectivity index (χ2n) is 7.03. The molecular weight excluding hydrogens is 380 g/mol. The van der Waals surface area contributed by atoms with Crippen molar-refractivity contribution in [2.75, 3.05) is 6.61 Å². The molecule has 1 unspecified atom stereocenters. The summed E-state index contributed by atoms with van der Waals surface area (Å²) in [5.41, 5.74) is 3.63. The fourth-order valence-corrected chi connectivity index (χ4v) is 4.24. The van der Waals surface area contributed by atoms with Gasteiger partial charge in [0.1, 0.15) is 5.54 Å². The molecule has 4 rings (SSSR count). The van der Waals surface area contributed by atoms with Crippen LogP contribution in [0.25, 0.3) is 0 Å². The number of halogens is 1. The van der Waals surface area contributed by atoms with Gasteiger partial charge in [-0.25, -0.2) is 0 Å². The zero-order valence-electron chi connectivity index (χ0n) is 16.1. The lowest BCUT2D eigenvalue weighted by molar-refractivity contribution is 0.288. The quantitative estimate of drug-likeness (QED) is 0.426. The summed E-state index contributed by atoms with van der Waals surface area (Å²) < 4.78 is 1.98. The molecule has 1 heterocycles. The van der Waals surface area contributed by atoms with Crippen LogP contribution in [0.1, 0.15) is 28.7 Å². The minimum absolute atomic E-state index is 0.197. The Hall–Kier alpha value is -2.88. The van der Waals surface area contributed by atoms with Gasteiger partial charge in [0.15, 0.2) is 0 Å². The van der Waals surface area contributed by atoms with Crippen LogP contribution < -0.4 is 0 Å². The molecule has 1 N–H and O–H groups in total. The molecular formula is C25H23ClN2O. The van der Waals surface area contributed by atoms with Crippen molar-refractivity contribution in [3.63, 3.8) is 0 Å². The molecule has 0 aliphatic carbocycles. The number of aliphatic hydroxyl groups excluding tert-OH is 1. The maximum atomic E-state index is 9.14. The third-order valence-corrected chi connectivity index (χ3v) is 5.63. The first kappa shape index (κ1) is 19.4. The Kier molecular flexibility index (Phi) is 5.79. The van der Waals surface area contributed by atoms with Crippen LogP contribution in [-0.4, -0.2) is 21.5 Å². The molecule has 29 heavy (non-hydrogen) atoms. The fraction of sp³-hybridized carbons (Fsp3) is 0.160. The van der Waals surface area contributed by atoms with Crippen molar-refractivity contribution in [2.24, 2.45) is 0 Å². The van der Waals surface area contributed by atoms with Crippen LogP contribution in [0.15, 0.2) is 97.3 Å². The van der Waals surface area contributed by atoms with E-state index in [2.05, 4.69) is 47.6 Å². The first-order valence-corrected chi connectivity index (χ1v) is 10.2. The summed E-state index contributed by atoms with van der Waals surface area (Å²) in [7, 11) is 0. The van der Waals surface area contributed by atoms with Gasteiger partial charge < -0.3 is 5.11 Å². The zero-order chi connectivity index (χ0) is 20.1. The van der Waals surface area contributed by atoms with E-state index >= 15 is 0 Å². The van der Waals surface area contributed by atoms with Gasteiger partial charge in [0.25, 0.3) is 0 Å². The van der Waals surface area contributed by atoms with E-state index in [1.165, 1.54) is 5.56 Å². The van der Waals surface area contributed by atoms with Crippen LogP contribution in [0.4, 0.5) is 0 Å². The number of aryl methyl sites for hydroxylation is 1. The second kappa shape index (κ2) is 8.64.